The smallest absolute Gasteiger partial charge is 0.278 e. The Bertz CT molecular complexity index is 971. The molecule has 11 heteroatoms. The first-order valence-electron chi connectivity index (χ1n) is 7.60. The maximum Gasteiger partial charge on any atom is 0.433 e. The second-order valence-corrected chi connectivity index (χ2v) is 7.33. The number of aromatic nitrogens is 1. The fraction of sp³-hybridized carbons (Fsp3) is 0.188. The van der Waals surface area contributed by atoms with Gasteiger partial charge in [0.25, 0.3) is 10.0 Å². The third-order valence-electron chi connectivity index (χ3n) is 3.76. The van der Waals surface area contributed by atoms with Crippen molar-refractivity contribution in [2.24, 2.45) is 0 Å². The number of pyridine rings is 1. The first-order chi connectivity index (χ1) is 12.6. The van der Waals surface area contributed by atoms with Gasteiger partial charge in [-0.3, -0.25) is 19.2 Å². The van der Waals surface area contributed by atoms with Crippen molar-refractivity contribution in [3.05, 3.63) is 48.3 Å². The summed E-state index contributed by atoms with van der Waals surface area (Å²) in [5, 5.41) is 0. The minimum Gasteiger partial charge on any atom is -0.278 e. The number of nitrogens with one attached hydrogen (secondary N) is 1. The molecule has 1 aliphatic heterocycles. The molecule has 1 fully saturated rings. The first-order valence-corrected chi connectivity index (χ1v) is 9.08. The second-order valence-electron chi connectivity index (χ2n) is 5.65. The Labute approximate surface area is 151 Å². The molecule has 0 bridgehead atoms. The first kappa shape index (κ1) is 18.8. The largest absolute Gasteiger partial charge is 0.433 e. The van der Waals surface area contributed by atoms with Gasteiger partial charge in [-0.05, 0) is 36.4 Å². The Kier molecular flexibility index (Phi) is 4.64. The quantitative estimate of drug-likeness (QED) is 0.797. The molecule has 1 aromatic heterocycles. The summed E-state index contributed by atoms with van der Waals surface area (Å²) in [4.78, 5) is 27.4. The van der Waals surface area contributed by atoms with Crippen LogP contribution in [0.3, 0.4) is 0 Å². The molecule has 1 aliphatic rings. The molecule has 1 saturated heterocycles. The van der Waals surface area contributed by atoms with E-state index < -0.39 is 21.9 Å². The molecule has 0 atom stereocenters. The van der Waals surface area contributed by atoms with Crippen LogP contribution in [0.4, 0.5) is 24.5 Å². The average molecular weight is 399 g/mol. The molecule has 142 valence electrons. The number of nitrogens with zero attached hydrogens (tertiary/aromatic N) is 2. The molecule has 1 aromatic carbocycles. The van der Waals surface area contributed by atoms with Crippen molar-refractivity contribution in [3.63, 3.8) is 0 Å². The molecule has 0 saturated carbocycles. The normalized spacial score (nSPS) is 15.3. The number of sulfonamides is 1. The highest BCUT2D eigenvalue weighted by Crippen LogP contribution is 2.28. The van der Waals surface area contributed by atoms with Gasteiger partial charge in [0.1, 0.15) is 5.69 Å². The molecule has 0 spiro atoms. The molecule has 7 nitrogen and oxygen atoms in total. The van der Waals surface area contributed by atoms with Gasteiger partial charge in [-0.25, -0.2) is 13.4 Å². The molecule has 27 heavy (non-hydrogen) atoms. The van der Waals surface area contributed by atoms with Gasteiger partial charge in [0.15, 0.2) is 0 Å². The van der Waals surface area contributed by atoms with Crippen LogP contribution in [0.2, 0.25) is 0 Å². The van der Waals surface area contributed by atoms with Gasteiger partial charge in [0.05, 0.1) is 22.5 Å². The summed E-state index contributed by atoms with van der Waals surface area (Å²) < 4.78 is 64.3. The van der Waals surface area contributed by atoms with Crippen LogP contribution >= 0.6 is 0 Å². The highest BCUT2D eigenvalue weighted by atomic mass is 32.2. The fourth-order valence-corrected chi connectivity index (χ4v) is 3.52. The zero-order chi connectivity index (χ0) is 19.8. The molecular weight excluding hydrogens is 387 g/mol. The van der Waals surface area contributed by atoms with Gasteiger partial charge in [0.2, 0.25) is 11.8 Å². The number of benzene rings is 1. The van der Waals surface area contributed by atoms with Gasteiger partial charge in [-0.2, -0.15) is 13.2 Å². The number of halogens is 3. The van der Waals surface area contributed by atoms with E-state index in [9.17, 15) is 31.2 Å². The van der Waals surface area contributed by atoms with Gasteiger partial charge >= 0.3 is 6.18 Å². The molecule has 1 N–H and O–H groups in total. The molecule has 2 amide bonds. The van der Waals surface area contributed by atoms with Crippen molar-refractivity contribution in [1.29, 1.82) is 0 Å². The number of alkyl halides is 3. The van der Waals surface area contributed by atoms with Crippen LogP contribution in [0, 0.1) is 0 Å². The summed E-state index contributed by atoms with van der Waals surface area (Å²) in [7, 11) is -4.09. The molecule has 0 unspecified atom stereocenters. The van der Waals surface area contributed by atoms with Crippen molar-refractivity contribution in [3.8, 4) is 0 Å². The molecule has 0 aliphatic carbocycles. The van der Waals surface area contributed by atoms with Crippen LogP contribution < -0.4 is 9.62 Å². The van der Waals surface area contributed by atoms with Gasteiger partial charge in [-0.1, -0.05) is 0 Å². The zero-order valence-corrected chi connectivity index (χ0v) is 14.3. The van der Waals surface area contributed by atoms with E-state index in [0.717, 1.165) is 17.2 Å². The van der Waals surface area contributed by atoms with Crippen molar-refractivity contribution in [2.75, 3.05) is 9.62 Å². The fourth-order valence-electron chi connectivity index (χ4n) is 2.47. The van der Waals surface area contributed by atoms with E-state index in [1.54, 1.807) is 0 Å². The SMILES string of the molecule is O=C1CCC(=O)N1c1ccc(S(=O)(=O)Nc2ccc(C(F)(F)F)nc2)cc1. The summed E-state index contributed by atoms with van der Waals surface area (Å²) in [6.07, 6.45) is -3.67. The van der Waals surface area contributed by atoms with E-state index >= 15 is 0 Å². The Morgan fingerprint density at radius 1 is 0.963 bits per heavy atom. The lowest BCUT2D eigenvalue weighted by molar-refractivity contribution is -0.141. The molecule has 2 heterocycles. The van der Waals surface area contributed by atoms with E-state index in [0.29, 0.717) is 6.07 Å². The van der Waals surface area contributed by atoms with Crippen LogP contribution in [0.15, 0.2) is 47.5 Å². The van der Waals surface area contributed by atoms with Crippen molar-refractivity contribution >= 4 is 33.2 Å². The van der Waals surface area contributed by atoms with E-state index in [1.807, 2.05) is 0 Å². The molecule has 2 aromatic rings. The molecule has 0 radical (unpaired) electrons. The predicted molar refractivity (Wildman–Crippen MR) is 88.2 cm³/mol. The Morgan fingerprint density at radius 2 is 1.56 bits per heavy atom. The number of rotatable bonds is 4. The lowest BCUT2D eigenvalue weighted by Gasteiger charge is -2.14. The summed E-state index contributed by atoms with van der Waals surface area (Å²) in [5.74, 6) is -0.742. The van der Waals surface area contributed by atoms with Crippen LogP contribution in [0.1, 0.15) is 18.5 Å². The van der Waals surface area contributed by atoms with Gasteiger partial charge < -0.3 is 0 Å². The lowest BCUT2D eigenvalue weighted by atomic mass is 10.3. The van der Waals surface area contributed by atoms with E-state index in [-0.39, 0.29) is 40.9 Å². The van der Waals surface area contributed by atoms with Crippen LogP contribution in [-0.4, -0.2) is 25.2 Å². The Morgan fingerprint density at radius 3 is 2.04 bits per heavy atom. The summed E-state index contributed by atoms with van der Waals surface area (Å²) in [6.45, 7) is 0. The minimum atomic E-state index is -4.63. The molecular formula is C16H12F3N3O4S. The standard InChI is InChI=1S/C16H12F3N3O4S/c17-16(18,19)13-6-1-10(9-20-13)21-27(25,26)12-4-2-11(3-5-12)22-14(23)7-8-15(22)24/h1-6,9,21H,7-8H2. The number of carbonyl (C=O) groups is 2. The zero-order valence-electron chi connectivity index (χ0n) is 13.5. The Balaban J connectivity index is 1.79. The van der Waals surface area contributed by atoms with Crippen molar-refractivity contribution < 1.29 is 31.2 Å². The maximum absolute atomic E-state index is 12.5. The van der Waals surface area contributed by atoms with Crippen LogP contribution in [0.5, 0.6) is 0 Å². The third-order valence-corrected chi connectivity index (χ3v) is 5.16. The van der Waals surface area contributed by atoms with E-state index in [4.69, 9.17) is 0 Å². The number of anilines is 2. The Hall–Kier alpha value is -2.95. The summed E-state index contributed by atoms with van der Waals surface area (Å²) in [6, 6.07) is 6.60. The third kappa shape index (κ3) is 3.92. The molecule has 3 rings (SSSR count). The van der Waals surface area contributed by atoms with Crippen molar-refractivity contribution in [1.82, 2.24) is 4.98 Å². The lowest BCUT2D eigenvalue weighted by Crippen LogP contribution is -2.28. The topological polar surface area (TPSA) is 96.4 Å². The van der Waals surface area contributed by atoms with E-state index in [2.05, 4.69) is 9.71 Å². The van der Waals surface area contributed by atoms with Crippen LogP contribution in [0.25, 0.3) is 0 Å². The average Bonchev–Trinajstić information content (AvgIpc) is 2.93. The van der Waals surface area contributed by atoms with Crippen molar-refractivity contribution in [2.45, 2.75) is 23.9 Å². The second kappa shape index (κ2) is 6.65. The minimum absolute atomic E-state index is 0.0986. The number of amides is 2. The number of imide groups is 1. The highest BCUT2D eigenvalue weighted by molar-refractivity contribution is 7.92. The van der Waals surface area contributed by atoms with Gasteiger partial charge in [-0.15, -0.1) is 0 Å². The highest BCUT2D eigenvalue weighted by Gasteiger charge is 2.32. The monoisotopic (exact) mass is 399 g/mol. The number of hydrogen-bond donors (Lipinski definition) is 1. The number of carbonyl (C=O) groups excluding carboxylic acids is 2. The number of hydrogen-bond acceptors (Lipinski definition) is 5. The maximum atomic E-state index is 12.5. The van der Waals surface area contributed by atoms with Crippen LogP contribution in [-0.2, 0) is 25.8 Å². The predicted octanol–water partition coefficient (Wildman–Crippen LogP) is 2.55. The summed E-state index contributed by atoms with van der Waals surface area (Å²) >= 11 is 0. The van der Waals surface area contributed by atoms with E-state index in [1.165, 1.54) is 24.3 Å². The van der Waals surface area contributed by atoms with Gasteiger partial charge in [0, 0.05) is 12.8 Å². The summed E-state index contributed by atoms with van der Waals surface area (Å²) in [5.41, 5.74) is -1.04.